The van der Waals surface area contributed by atoms with Gasteiger partial charge in [0.1, 0.15) is 12.1 Å². The maximum absolute atomic E-state index is 12.7. The molecule has 1 aliphatic heterocycles. The van der Waals surface area contributed by atoms with Crippen molar-refractivity contribution in [2.45, 2.75) is 18.4 Å². The molecule has 2 N–H and O–H groups in total. The van der Waals surface area contributed by atoms with Crippen molar-refractivity contribution in [1.29, 1.82) is 0 Å². The number of hydrogen-bond acceptors (Lipinski definition) is 7. The minimum atomic E-state index is -0.768. The van der Waals surface area contributed by atoms with Crippen molar-refractivity contribution in [1.82, 2.24) is 15.2 Å². The van der Waals surface area contributed by atoms with Crippen molar-refractivity contribution in [3.05, 3.63) is 11.6 Å². The highest BCUT2D eigenvalue weighted by Gasteiger charge is 2.42. The number of ether oxygens (including phenoxy) is 2. The van der Waals surface area contributed by atoms with Crippen LogP contribution < -0.4 is 10.6 Å². The molecule has 0 atom stereocenters. The molecule has 8 nitrogen and oxygen atoms in total. The zero-order valence-corrected chi connectivity index (χ0v) is 14.9. The lowest BCUT2D eigenvalue weighted by Gasteiger charge is -2.41. The average Bonchev–Trinajstić information content (AvgIpc) is 3.08. The van der Waals surface area contributed by atoms with Crippen LogP contribution in [0, 0.1) is 0 Å². The summed E-state index contributed by atoms with van der Waals surface area (Å²) in [5.41, 5.74) is -0.768. The highest BCUT2D eigenvalue weighted by atomic mass is 32.1. The summed E-state index contributed by atoms with van der Waals surface area (Å²) < 4.78 is 9.88. The van der Waals surface area contributed by atoms with Crippen LogP contribution in [0.1, 0.15) is 12.8 Å². The molecule has 24 heavy (non-hydrogen) atoms. The number of hydrogen-bond donors (Lipinski definition) is 2. The van der Waals surface area contributed by atoms with Gasteiger partial charge < -0.3 is 25.0 Å². The topological polar surface area (TPSA) is 92.8 Å². The number of rotatable bonds is 8. The van der Waals surface area contributed by atoms with E-state index in [1.165, 1.54) is 18.4 Å². The number of carbonyl (C=O) groups excluding carboxylic acids is 2. The Balaban J connectivity index is 2.04. The number of nitrogens with zero attached hydrogens (tertiary/aromatic N) is 2. The molecule has 2 rings (SSSR count). The van der Waals surface area contributed by atoms with Gasteiger partial charge in [-0.2, -0.15) is 0 Å². The van der Waals surface area contributed by atoms with Gasteiger partial charge in [-0.25, -0.2) is 4.98 Å². The number of piperidine rings is 1. The van der Waals surface area contributed by atoms with E-state index in [-0.39, 0.29) is 18.4 Å². The minimum absolute atomic E-state index is 0.0554. The van der Waals surface area contributed by atoms with Gasteiger partial charge in [-0.15, -0.1) is 11.3 Å². The van der Waals surface area contributed by atoms with E-state index in [2.05, 4.69) is 15.6 Å². The molecule has 2 amide bonds. The Labute approximate surface area is 145 Å². The number of carbonyl (C=O) groups is 2. The highest BCUT2D eigenvalue weighted by Crippen LogP contribution is 2.28. The first kappa shape index (κ1) is 18.6. The van der Waals surface area contributed by atoms with Crippen LogP contribution in [0.25, 0.3) is 0 Å². The van der Waals surface area contributed by atoms with Gasteiger partial charge in [0.05, 0.1) is 6.61 Å². The Morgan fingerprint density at radius 3 is 2.67 bits per heavy atom. The quantitative estimate of drug-likeness (QED) is 0.652. The van der Waals surface area contributed by atoms with Gasteiger partial charge in [-0.3, -0.25) is 9.59 Å². The van der Waals surface area contributed by atoms with E-state index in [4.69, 9.17) is 9.47 Å². The lowest BCUT2D eigenvalue weighted by atomic mass is 9.86. The first-order valence-electron chi connectivity index (χ1n) is 7.83. The van der Waals surface area contributed by atoms with Gasteiger partial charge in [0.15, 0.2) is 5.13 Å². The summed E-state index contributed by atoms with van der Waals surface area (Å²) in [5.74, 6) is -0.145. The number of methoxy groups -OCH3 is 2. The number of thiazole rings is 1. The Morgan fingerprint density at radius 1 is 1.33 bits per heavy atom. The van der Waals surface area contributed by atoms with Crippen LogP contribution in [0.2, 0.25) is 0 Å². The molecule has 0 spiro atoms. The van der Waals surface area contributed by atoms with Crippen LogP contribution in [-0.2, 0) is 19.1 Å². The van der Waals surface area contributed by atoms with E-state index in [1.807, 2.05) is 5.38 Å². The monoisotopic (exact) mass is 356 g/mol. The third-order valence-electron chi connectivity index (χ3n) is 4.04. The third-order valence-corrected chi connectivity index (χ3v) is 4.73. The van der Waals surface area contributed by atoms with E-state index >= 15 is 0 Å². The first-order chi connectivity index (χ1) is 11.6. The normalized spacial score (nSPS) is 16.7. The van der Waals surface area contributed by atoms with Crippen LogP contribution in [0.15, 0.2) is 11.6 Å². The molecular weight excluding hydrogens is 332 g/mol. The standard InChI is InChI=1S/C15H24N4O4S/c1-22-9-5-16-13(21)15(18-14-17-6-10-24-14)3-7-19(8-4-15)12(20)11-23-2/h6,10H,3-5,7-9,11H2,1-2H3,(H,16,21)(H,17,18). The number of amides is 2. The molecule has 1 aliphatic rings. The molecule has 0 aromatic carbocycles. The van der Waals surface area contributed by atoms with E-state index in [0.717, 1.165) is 0 Å². The van der Waals surface area contributed by atoms with Crippen molar-refractivity contribution in [2.75, 3.05) is 52.4 Å². The Bertz CT molecular complexity index is 530. The molecule has 0 saturated carbocycles. The number of likely N-dealkylation sites (tertiary alicyclic amines) is 1. The molecular formula is C15H24N4O4S. The van der Waals surface area contributed by atoms with E-state index in [0.29, 0.717) is 44.2 Å². The second-order valence-electron chi connectivity index (χ2n) is 5.61. The zero-order chi connectivity index (χ0) is 17.4. The maximum Gasteiger partial charge on any atom is 0.248 e. The fraction of sp³-hybridized carbons (Fsp3) is 0.667. The summed E-state index contributed by atoms with van der Waals surface area (Å²) >= 11 is 1.45. The largest absolute Gasteiger partial charge is 0.383 e. The molecule has 9 heteroatoms. The third kappa shape index (κ3) is 4.65. The summed E-state index contributed by atoms with van der Waals surface area (Å²) in [6.07, 6.45) is 2.72. The molecule has 1 aromatic rings. The number of anilines is 1. The van der Waals surface area contributed by atoms with Crippen LogP contribution in [0.4, 0.5) is 5.13 Å². The molecule has 134 valence electrons. The number of aromatic nitrogens is 1. The SMILES string of the molecule is COCCNC(=O)C1(Nc2nccs2)CCN(C(=O)COC)CC1. The van der Waals surface area contributed by atoms with E-state index < -0.39 is 5.54 Å². The predicted octanol–water partition coefficient (Wildman–Crippen LogP) is 0.325. The van der Waals surface area contributed by atoms with Gasteiger partial charge in [0.25, 0.3) is 0 Å². The minimum Gasteiger partial charge on any atom is -0.383 e. The highest BCUT2D eigenvalue weighted by molar-refractivity contribution is 7.13. The molecule has 1 fully saturated rings. The van der Waals surface area contributed by atoms with Crippen LogP contribution in [0.3, 0.4) is 0 Å². The van der Waals surface area contributed by atoms with Crippen LogP contribution in [0.5, 0.6) is 0 Å². The summed E-state index contributed by atoms with van der Waals surface area (Å²) in [4.78, 5) is 30.7. The molecule has 0 bridgehead atoms. The molecule has 0 radical (unpaired) electrons. The summed E-state index contributed by atoms with van der Waals surface area (Å²) in [5, 5.41) is 8.74. The molecule has 1 saturated heterocycles. The fourth-order valence-electron chi connectivity index (χ4n) is 2.69. The summed E-state index contributed by atoms with van der Waals surface area (Å²) in [6, 6.07) is 0. The Hall–Kier alpha value is -1.71. The van der Waals surface area contributed by atoms with Crippen LogP contribution in [-0.4, -0.2) is 74.3 Å². The fourth-order valence-corrected chi connectivity index (χ4v) is 3.31. The van der Waals surface area contributed by atoms with Crippen molar-refractivity contribution < 1.29 is 19.1 Å². The van der Waals surface area contributed by atoms with Crippen molar-refractivity contribution in [3.63, 3.8) is 0 Å². The van der Waals surface area contributed by atoms with Gasteiger partial charge >= 0.3 is 0 Å². The number of nitrogens with one attached hydrogen (secondary N) is 2. The van der Waals surface area contributed by atoms with E-state index in [9.17, 15) is 9.59 Å². The van der Waals surface area contributed by atoms with Crippen molar-refractivity contribution >= 4 is 28.3 Å². The second kappa shape index (κ2) is 8.95. The maximum atomic E-state index is 12.7. The first-order valence-corrected chi connectivity index (χ1v) is 8.71. The van der Waals surface area contributed by atoms with Crippen LogP contribution >= 0.6 is 11.3 Å². The van der Waals surface area contributed by atoms with Gasteiger partial charge in [-0.05, 0) is 12.8 Å². The lowest BCUT2D eigenvalue weighted by molar-refractivity contribution is -0.139. The van der Waals surface area contributed by atoms with Crippen molar-refractivity contribution in [3.8, 4) is 0 Å². The second-order valence-corrected chi connectivity index (χ2v) is 6.50. The van der Waals surface area contributed by atoms with E-state index in [1.54, 1.807) is 18.2 Å². The zero-order valence-electron chi connectivity index (χ0n) is 14.0. The summed E-state index contributed by atoms with van der Waals surface area (Å²) in [7, 11) is 3.09. The average molecular weight is 356 g/mol. The van der Waals surface area contributed by atoms with Gasteiger partial charge in [-0.1, -0.05) is 0 Å². The van der Waals surface area contributed by atoms with Crippen molar-refractivity contribution in [2.24, 2.45) is 0 Å². The molecule has 0 aliphatic carbocycles. The predicted molar refractivity (Wildman–Crippen MR) is 91.0 cm³/mol. The Morgan fingerprint density at radius 2 is 2.08 bits per heavy atom. The Kier molecular flexibility index (Phi) is 6.95. The molecule has 1 aromatic heterocycles. The van der Waals surface area contributed by atoms with Gasteiger partial charge in [0.2, 0.25) is 11.8 Å². The molecule has 0 unspecified atom stereocenters. The smallest absolute Gasteiger partial charge is 0.248 e. The van der Waals surface area contributed by atoms with Gasteiger partial charge in [0, 0.05) is 45.4 Å². The lowest BCUT2D eigenvalue weighted by Crippen LogP contribution is -2.59. The summed E-state index contributed by atoms with van der Waals surface area (Å²) in [6.45, 7) is 1.96. The molecule has 2 heterocycles.